The minimum absolute atomic E-state index is 0.0291. The lowest BCUT2D eigenvalue weighted by Gasteiger charge is -2.25. The summed E-state index contributed by atoms with van der Waals surface area (Å²) in [6.07, 6.45) is 4.28. The molecule has 1 heterocycles. The number of hydrogen-bond donors (Lipinski definition) is 0. The maximum Gasteiger partial charge on any atom is 0.257 e. The second-order valence-corrected chi connectivity index (χ2v) is 6.20. The Morgan fingerprint density at radius 3 is 3.05 bits per heavy atom. The smallest absolute Gasteiger partial charge is 0.257 e. The van der Waals surface area contributed by atoms with Crippen molar-refractivity contribution in [3.05, 3.63) is 28.8 Å². The third-order valence-electron chi connectivity index (χ3n) is 3.70. The van der Waals surface area contributed by atoms with Gasteiger partial charge in [0.1, 0.15) is 5.75 Å². The van der Waals surface area contributed by atoms with E-state index in [1.54, 1.807) is 25.3 Å². The van der Waals surface area contributed by atoms with Crippen molar-refractivity contribution >= 4 is 33.4 Å². The van der Waals surface area contributed by atoms with Gasteiger partial charge >= 0.3 is 0 Å². The Labute approximate surface area is 133 Å². The average Bonchev–Trinajstić information content (AvgIpc) is 2.92. The lowest BCUT2D eigenvalue weighted by atomic mass is 10.1. The molecule has 1 amide bonds. The first-order chi connectivity index (χ1) is 9.67. The minimum atomic E-state index is 0.0291. The molecular weight excluding hydrogens is 342 g/mol. The summed E-state index contributed by atoms with van der Waals surface area (Å²) in [6.45, 7) is 0.821. The van der Waals surface area contributed by atoms with E-state index in [0.717, 1.165) is 37.6 Å². The van der Waals surface area contributed by atoms with Crippen LogP contribution in [0.5, 0.6) is 5.75 Å². The number of rotatable bonds is 5. The number of methoxy groups -OCH3 is 1. The molecule has 1 aliphatic heterocycles. The zero-order chi connectivity index (χ0) is 14.5. The second-order valence-electron chi connectivity index (χ2n) is 4.97. The van der Waals surface area contributed by atoms with E-state index in [0.29, 0.717) is 22.4 Å². The van der Waals surface area contributed by atoms with Crippen molar-refractivity contribution in [2.24, 2.45) is 0 Å². The van der Waals surface area contributed by atoms with Crippen LogP contribution >= 0.6 is 27.5 Å². The van der Waals surface area contributed by atoms with Gasteiger partial charge in [-0.05, 0) is 43.9 Å². The first kappa shape index (κ1) is 15.6. The number of amides is 1. The van der Waals surface area contributed by atoms with E-state index in [2.05, 4.69) is 15.9 Å². The molecule has 3 nitrogen and oxygen atoms in total. The third-order valence-corrected chi connectivity index (χ3v) is 4.50. The Morgan fingerprint density at radius 2 is 2.35 bits per heavy atom. The van der Waals surface area contributed by atoms with Gasteiger partial charge in [-0.25, -0.2) is 0 Å². The van der Waals surface area contributed by atoms with E-state index in [4.69, 9.17) is 16.3 Å². The molecule has 5 heteroatoms. The second kappa shape index (κ2) is 7.32. The monoisotopic (exact) mass is 359 g/mol. The maximum atomic E-state index is 12.7. The average molecular weight is 361 g/mol. The molecule has 0 N–H and O–H groups in total. The molecule has 0 aliphatic carbocycles. The molecule has 0 aromatic heterocycles. The van der Waals surface area contributed by atoms with E-state index in [1.165, 1.54) is 0 Å². The number of halogens is 2. The summed E-state index contributed by atoms with van der Waals surface area (Å²) in [7, 11) is 1.58. The highest BCUT2D eigenvalue weighted by atomic mass is 79.9. The maximum absolute atomic E-state index is 12.7. The van der Waals surface area contributed by atoms with E-state index < -0.39 is 0 Å². The van der Waals surface area contributed by atoms with Crippen LogP contribution < -0.4 is 4.74 Å². The van der Waals surface area contributed by atoms with Gasteiger partial charge in [-0.3, -0.25) is 4.79 Å². The summed E-state index contributed by atoms with van der Waals surface area (Å²) < 4.78 is 5.28. The number of alkyl halides is 1. The first-order valence-electron chi connectivity index (χ1n) is 6.88. The van der Waals surface area contributed by atoms with Crippen molar-refractivity contribution < 1.29 is 9.53 Å². The Morgan fingerprint density at radius 1 is 1.55 bits per heavy atom. The number of carbonyl (C=O) groups excluding carboxylic acids is 1. The van der Waals surface area contributed by atoms with Crippen LogP contribution in [0.15, 0.2) is 18.2 Å². The normalized spacial score (nSPS) is 18.4. The summed E-state index contributed by atoms with van der Waals surface area (Å²) in [6, 6.07) is 5.52. The number of likely N-dealkylation sites (tertiary alicyclic amines) is 1. The van der Waals surface area contributed by atoms with Crippen LogP contribution in [-0.4, -0.2) is 35.8 Å². The zero-order valence-electron chi connectivity index (χ0n) is 11.6. The van der Waals surface area contributed by atoms with E-state index in [9.17, 15) is 4.79 Å². The van der Waals surface area contributed by atoms with Crippen LogP contribution in [0.25, 0.3) is 0 Å². The molecule has 110 valence electrons. The number of benzene rings is 1. The van der Waals surface area contributed by atoms with Crippen LogP contribution in [0.2, 0.25) is 5.02 Å². The van der Waals surface area contributed by atoms with Gasteiger partial charge in [0.25, 0.3) is 5.91 Å². The van der Waals surface area contributed by atoms with Crippen LogP contribution in [0.4, 0.5) is 0 Å². The molecule has 0 radical (unpaired) electrons. The SMILES string of the molecule is COc1ccc(Cl)cc1C(=O)N1CCCC1CCCBr. The van der Waals surface area contributed by atoms with Gasteiger partial charge < -0.3 is 9.64 Å². The lowest BCUT2D eigenvalue weighted by molar-refractivity contribution is 0.0727. The van der Waals surface area contributed by atoms with E-state index in [-0.39, 0.29) is 5.91 Å². The molecule has 1 aliphatic rings. The van der Waals surface area contributed by atoms with Crippen molar-refractivity contribution in [2.45, 2.75) is 31.7 Å². The fraction of sp³-hybridized carbons (Fsp3) is 0.533. The summed E-state index contributed by atoms with van der Waals surface area (Å²) in [5.41, 5.74) is 0.561. The molecule has 1 aromatic carbocycles. The molecule has 1 fully saturated rings. The predicted molar refractivity (Wildman–Crippen MR) is 85.1 cm³/mol. The fourth-order valence-corrected chi connectivity index (χ4v) is 3.21. The van der Waals surface area contributed by atoms with E-state index >= 15 is 0 Å². The van der Waals surface area contributed by atoms with Gasteiger partial charge in [-0.15, -0.1) is 0 Å². The van der Waals surface area contributed by atoms with Crippen molar-refractivity contribution in [3.8, 4) is 5.75 Å². The van der Waals surface area contributed by atoms with Crippen molar-refractivity contribution in [1.29, 1.82) is 0 Å². The zero-order valence-corrected chi connectivity index (χ0v) is 13.9. The Hall–Kier alpha value is -0.740. The standard InChI is InChI=1S/C15H19BrClNO2/c1-20-14-7-6-11(17)10-13(14)15(19)18-9-3-5-12(18)4-2-8-16/h6-7,10,12H,2-5,8-9H2,1H3. The Kier molecular flexibility index (Phi) is 5.73. The Balaban J connectivity index is 2.19. The molecular formula is C15H19BrClNO2. The lowest BCUT2D eigenvalue weighted by Crippen LogP contribution is -2.35. The van der Waals surface area contributed by atoms with Crippen LogP contribution in [0.3, 0.4) is 0 Å². The van der Waals surface area contributed by atoms with Gasteiger partial charge in [0, 0.05) is 22.9 Å². The van der Waals surface area contributed by atoms with Crippen LogP contribution in [0, 0.1) is 0 Å². The van der Waals surface area contributed by atoms with Crippen molar-refractivity contribution in [1.82, 2.24) is 4.90 Å². The molecule has 1 unspecified atom stereocenters. The number of nitrogens with zero attached hydrogens (tertiary/aromatic N) is 1. The summed E-state index contributed by atoms with van der Waals surface area (Å²) in [5.74, 6) is 0.618. The van der Waals surface area contributed by atoms with Gasteiger partial charge in [0.05, 0.1) is 12.7 Å². The molecule has 0 spiro atoms. The quantitative estimate of drug-likeness (QED) is 0.739. The van der Waals surface area contributed by atoms with E-state index in [1.807, 2.05) is 4.90 Å². The largest absolute Gasteiger partial charge is 0.496 e. The number of carbonyl (C=O) groups is 1. The topological polar surface area (TPSA) is 29.5 Å². The number of hydrogen-bond acceptors (Lipinski definition) is 2. The molecule has 0 bridgehead atoms. The van der Waals surface area contributed by atoms with Gasteiger partial charge in [0.2, 0.25) is 0 Å². The highest BCUT2D eigenvalue weighted by Crippen LogP contribution is 2.29. The summed E-state index contributed by atoms with van der Waals surface area (Å²) >= 11 is 9.46. The molecule has 2 rings (SSSR count). The molecule has 0 saturated carbocycles. The molecule has 1 atom stereocenters. The first-order valence-corrected chi connectivity index (χ1v) is 8.37. The van der Waals surface area contributed by atoms with Crippen molar-refractivity contribution in [3.63, 3.8) is 0 Å². The molecule has 1 aromatic rings. The highest BCUT2D eigenvalue weighted by Gasteiger charge is 2.30. The van der Waals surface area contributed by atoms with Gasteiger partial charge in [0.15, 0.2) is 0 Å². The van der Waals surface area contributed by atoms with Gasteiger partial charge in [-0.2, -0.15) is 0 Å². The summed E-state index contributed by atoms with van der Waals surface area (Å²) in [4.78, 5) is 14.7. The predicted octanol–water partition coefficient (Wildman–Crippen LogP) is 4.13. The molecule has 1 saturated heterocycles. The fourth-order valence-electron chi connectivity index (χ4n) is 2.72. The van der Waals surface area contributed by atoms with Crippen LogP contribution in [0.1, 0.15) is 36.0 Å². The minimum Gasteiger partial charge on any atom is -0.496 e. The third kappa shape index (κ3) is 3.47. The molecule has 20 heavy (non-hydrogen) atoms. The van der Waals surface area contributed by atoms with Gasteiger partial charge in [-0.1, -0.05) is 27.5 Å². The summed E-state index contributed by atoms with van der Waals surface area (Å²) in [5, 5.41) is 1.54. The Bertz CT molecular complexity index is 481. The number of ether oxygens (including phenoxy) is 1. The highest BCUT2D eigenvalue weighted by molar-refractivity contribution is 9.09. The van der Waals surface area contributed by atoms with Crippen LogP contribution in [-0.2, 0) is 0 Å². The van der Waals surface area contributed by atoms with Crippen molar-refractivity contribution in [2.75, 3.05) is 19.0 Å².